The van der Waals surface area contributed by atoms with Gasteiger partial charge in [0, 0.05) is 35.6 Å². The number of aromatic nitrogens is 2. The zero-order valence-corrected chi connectivity index (χ0v) is 10.9. The Bertz CT molecular complexity index is 622. The Hall–Kier alpha value is -2.27. The Morgan fingerprint density at radius 2 is 1.32 bits per heavy atom. The van der Waals surface area contributed by atoms with Crippen LogP contribution in [0.3, 0.4) is 0 Å². The fourth-order valence-corrected chi connectivity index (χ4v) is 2.13. The molecule has 0 spiro atoms. The minimum absolute atomic E-state index is 0.737. The van der Waals surface area contributed by atoms with Gasteiger partial charge in [0.15, 0.2) is 9.84 Å². The maximum absolute atomic E-state index is 11.8. The summed E-state index contributed by atoms with van der Waals surface area (Å²) in [4.78, 5) is 7.81. The second-order valence-corrected chi connectivity index (χ2v) is 5.49. The van der Waals surface area contributed by atoms with E-state index in [0.717, 1.165) is 21.9 Å². The summed E-state index contributed by atoms with van der Waals surface area (Å²) in [5.41, 5.74) is 1.47. The van der Waals surface area contributed by atoms with E-state index in [1.165, 1.54) is 12.2 Å². The minimum atomic E-state index is -3.39. The molecule has 0 amide bonds. The van der Waals surface area contributed by atoms with Crippen molar-refractivity contribution in [2.75, 3.05) is 0 Å². The van der Waals surface area contributed by atoms with Crippen molar-refractivity contribution in [2.45, 2.75) is 0 Å². The molecule has 0 aliphatic carbocycles. The molecule has 0 bridgehead atoms. The van der Waals surface area contributed by atoms with Gasteiger partial charge in [0.05, 0.1) is 0 Å². The third kappa shape index (κ3) is 4.48. The summed E-state index contributed by atoms with van der Waals surface area (Å²) in [5.74, 6) is 0. The van der Waals surface area contributed by atoms with Crippen LogP contribution in [0.1, 0.15) is 11.1 Å². The fraction of sp³-hybridized carbons (Fsp3) is 0. The highest BCUT2D eigenvalue weighted by atomic mass is 32.2. The molecule has 2 aromatic heterocycles. The van der Waals surface area contributed by atoms with Gasteiger partial charge in [-0.25, -0.2) is 8.42 Å². The van der Waals surface area contributed by atoms with E-state index in [4.69, 9.17) is 0 Å². The Kier molecular flexibility index (Phi) is 4.20. The van der Waals surface area contributed by atoms with Gasteiger partial charge in [-0.3, -0.25) is 9.97 Å². The smallest absolute Gasteiger partial charge is 0.193 e. The highest BCUT2D eigenvalue weighted by Crippen LogP contribution is 2.06. The SMILES string of the molecule is O=S(=O)(C=Cc1cccnc1)C=Cc1cccnc1. The van der Waals surface area contributed by atoms with Crippen LogP contribution in [0.2, 0.25) is 0 Å². The van der Waals surface area contributed by atoms with Crippen LogP contribution in [0.25, 0.3) is 12.2 Å². The lowest BCUT2D eigenvalue weighted by Gasteiger charge is -1.92. The standard InChI is InChI=1S/C14H12N2O2S/c17-19(18,9-5-13-3-1-7-15-11-13)10-6-14-4-2-8-16-12-14/h1-12H. The first-order valence-corrected chi connectivity index (χ1v) is 7.18. The molecular weight excluding hydrogens is 260 g/mol. The summed E-state index contributed by atoms with van der Waals surface area (Å²) in [6.07, 6.45) is 9.47. The van der Waals surface area contributed by atoms with Crippen LogP contribution in [0.4, 0.5) is 0 Å². The average molecular weight is 272 g/mol. The van der Waals surface area contributed by atoms with E-state index < -0.39 is 9.84 Å². The van der Waals surface area contributed by atoms with Crippen LogP contribution in [0.5, 0.6) is 0 Å². The van der Waals surface area contributed by atoms with Crippen LogP contribution in [-0.2, 0) is 9.84 Å². The second kappa shape index (κ2) is 6.06. The predicted octanol–water partition coefficient (Wildman–Crippen LogP) is 2.53. The topological polar surface area (TPSA) is 59.9 Å². The van der Waals surface area contributed by atoms with Crippen LogP contribution >= 0.6 is 0 Å². The van der Waals surface area contributed by atoms with Crippen LogP contribution in [0.15, 0.2) is 59.9 Å². The Labute approximate surface area is 112 Å². The van der Waals surface area contributed by atoms with Crippen molar-refractivity contribution >= 4 is 22.0 Å². The third-order valence-electron chi connectivity index (χ3n) is 2.27. The number of hydrogen-bond donors (Lipinski definition) is 0. The van der Waals surface area contributed by atoms with E-state index in [1.54, 1.807) is 49.1 Å². The van der Waals surface area contributed by atoms with E-state index in [-0.39, 0.29) is 0 Å². The fourth-order valence-electron chi connectivity index (χ4n) is 1.34. The molecule has 2 aromatic rings. The lowest BCUT2D eigenvalue weighted by molar-refractivity contribution is 0.613. The quantitative estimate of drug-likeness (QED) is 0.858. The van der Waals surface area contributed by atoms with Crippen LogP contribution in [-0.4, -0.2) is 18.4 Å². The first-order chi connectivity index (χ1) is 9.16. The average Bonchev–Trinajstić information content (AvgIpc) is 2.46. The number of hydrogen-bond acceptors (Lipinski definition) is 4. The van der Waals surface area contributed by atoms with Crippen molar-refractivity contribution in [3.05, 3.63) is 71.0 Å². The molecule has 0 unspecified atom stereocenters. The molecule has 19 heavy (non-hydrogen) atoms. The van der Waals surface area contributed by atoms with E-state index >= 15 is 0 Å². The Morgan fingerprint density at radius 3 is 1.68 bits per heavy atom. The molecule has 0 atom stereocenters. The molecule has 2 rings (SSSR count). The van der Waals surface area contributed by atoms with E-state index in [1.807, 2.05) is 0 Å². The molecule has 96 valence electrons. The van der Waals surface area contributed by atoms with Gasteiger partial charge in [0.2, 0.25) is 0 Å². The third-order valence-corrected chi connectivity index (χ3v) is 3.30. The molecule has 0 aliphatic rings. The molecule has 0 aromatic carbocycles. The normalized spacial score (nSPS) is 12.2. The molecular formula is C14H12N2O2S. The Morgan fingerprint density at radius 1 is 0.842 bits per heavy atom. The highest BCUT2D eigenvalue weighted by Gasteiger charge is 1.99. The van der Waals surface area contributed by atoms with Crippen molar-refractivity contribution in [2.24, 2.45) is 0 Å². The number of sulfone groups is 1. The predicted molar refractivity (Wildman–Crippen MR) is 75.5 cm³/mol. The monoisotopic (exact) mass is 272 g/mol. The van der Waals surface area contributed by atoms with E-state index in [0.29, 0.717) is 0 Å². The van der Waals surface area contributed by atoms with Crippen LogP contribution < -0.4 is 0 Å². The molecule has 2 heterocycles. The molecule has 0 radical (unpaired) electrons. The van der Waals surface area contributed by atoms with Crippen molar-refractivity contribution in [1.29, 1.82) is 0 Å². The number of rotatable bonds is 4. The largest absolute Gasteiger partial charge is 0.264 e. The van der Waals surface area contributed by atoms with Gasteiger partial charge in [-0.1, -0.05) is 12.1 Å². The number of nitrogens with zero attached hydrogens (tertiary/aromatic N) is 2. The van der Waals surface area contributed by atoms with Gasteiger partial charge < -0.3 is 0 Å². The van der Waals surface area contributed by atoms with E-state index in [9.17, 15) is 8.42 Å². The van der Waals surface area contributed by atoms with Gasteiger partial charge in [-0.15, -0.1) is 0 Å². The summed E-state index contributed by atoms with van der Waals surface area (Å²) in [6.45, 7) is 0. The maximum atomic E-state index is 11.8. The molecule has 0 saturated heterocycles. The maximum Gasteiger partial charge on any atom is 0.193 e. The molecule has 4 nitrogen and oxygen atoms in total. The van der Waals surface area contributed by atoms with Crippen molar-refractivity contribution in [1.82, 2.24) is 9.97 Å². The first-order valence-electron chi connectivity index (χ1n) is 5.57. The molecule has 0 saturated carbocycles. The van der Waals surface area contributed by atoms with Crippen molar-refractivity contribution in [3.8, 4) is 0 Å². The molecule has 0 N–H and O–H groups in total. The summed E-state index contributed by atoms with van der Waals surface area (Å²) in [7, 11) is -3.39. The van der Waals surface area contributed by atoms with E-state index in [2.05, 4.69) is 9.97 Å². The van der Waals surface area contributed by atoms with Gasteiger partial charge in [0.1, 0.15) is 0 Å². The first kappa shape index (κ1) is 13.2. The lowest BCUT2D eigenvalue weighted by atomic mass is 10.3. The lowest BCUT2D eigenvalue weighted by Crippen LogP contribution is -1.88. The van der Waals surface area contributed by atoms with Crippen molar-refractivity contribution in [3.63, 3.8) is 0 Å². The zero-order chi connectivity index (χ0) is 13.6. The summed E-state index contributed by atoms with van der Waals surface area (Å²) >= 11 is 0. The van der Waals surface area contributed by atoms with Gasteiger partial charge in [-0.2, -0.15) is 0 Å². The van der Waals surface area contributed by atoms with Crippen molar-refractivity contribution < 1.29 is 8.42 Å². The zero-order valence-electron chi connectivity index (χ0n) is 10.0. The molecule has 0 fully saturated rings. The minimum Gasteiger partial charge on any atom is -0.264 e. The highest BCUT2D eigenvalue weighted by molar-refractivity contribution is 7.97. The summed E-state index contributed by atoms with van der Waals surface area (Å²) < 4.78 is 23.5. The molecule has 5 heteroatoms. The number of pyridine rings is 2. The van der Waals surface area contributed by atoms with Gasteiger partial charge in [-0.05, 0) is 35.4 Å². The summed E-state index contributed by atoms with van der Waals surface area (Å²) in [6, 6.07) is 7.06. The van der Waals surface area contributed by atoms with Gasteiger partial charge in [0.25, 0.3) is 0 Å². The van der Waals surface area contributed by atoms with Gasteiger partial charge >= 0.3 is 0 Å². The summed E-state index contributed by atoms with van der Waals surface area (Å²) in [5, 5.41) is 2.30. The molecule has 0 aliphatic heterocycles. The second-order valence-electron chi connectivity index (χ2n) is 3.77. The van der Waals surface area contributed by atoms with Crippen LogP contribution in [0, 0.1) is 0 Å². The Balaban J connectivity index is 2.12.